The van der Waals surface area contributed by atoms with Crippen molar-refractivity contribution in [2.45, 2.75) is 4.90 Å². The molecule has 0 spiro atoms. The number of sulfonamides is 1. The molecule has 0 aliphatic carbocycles. The van der Waals surface area contributed by atoms with E-state index >= 15 is 0 Å². The van der Waals surface area contributed by atoms with Gasteiger partial charge in [-0.2, -0.15) is 4.31 Å². The second kappa shape index (κ2) is 9.03. The van der Waals surface area contributed by atoms with Crippen LogP contribution in [-0.4, -0.2) is 57.3 Å². The van der Waals surface area contributed by atoms with Gasteiger partial charge in [0.1, 0.15) is 11.1 Å². The lowest BCUT2D eigenvalue weighted by atomic mass is 10.1. The number of ketones is 1. The molecule has 0 bridgehead atoms. The van der Waals surface area contributed by atoms with Crippen LogP contribution in [0.1, 0.15) is 20.7 Å². The highest BCUT2D eigenvalue weighted by atomic mass is 32.2. The van der Waals surface area contributed by atoms with E-state index in [1.807, 2.05) is 0 Å². The summed E-state index contributed by atoms with van der Waals surface area (Å²) in [5.74, 6) is -1.16. The first-order valence-corrected chi connectivity index (χ1v) is 11.3. The zero-order valence-electron chi connectivity index (χ0n) is 16.9. The minimum Gasteiger partial charge on any atom is -0.422 e. The highest BCUT2D eigenvalue weighted by molar-refractivity contribution is 7.89. The normalized spacial score (nSPS) is 14.9. The van der Waals surface area contributed by atoms with E-state index in [2.05, 4.69) is 5.32 Å². The molecule has 0 saturated carbocycles. The number of ether oxygens (including phenoxy) is 1. The minimum atomic E-state index is -3.66. The van der Waals surface area contributed by atoms with Crippen LogP contribution in [0.3, 0.4) is 0 Å². The molecule has 9 nitrogen and oxygen atoms in total. The first-order chi connectivity index (χ1) is 15.4. The predicted molar refractivity (Wildman–Crippen MR) is 115 cm³/mol. The van der Waals surface area contributed by atoms with Crippen molar-refractivity contribution in [1.29, 1.82) is 0 Å². The average molecular weight is 456 g/mol. The van der Waals surface area contributed by atoms with Crippen LogP contribution in [0.2, 0.25) is 0 Å². The Kier molecular flexibility index (Phi) is 6.17. The number of hydrogen-bond donors (Lipinski definition) is 1. The Hall–Kier alpha value is -3.34. The topological polar surface area (TPSA) is 123 Å². The SMILES string of the molecule is O=C(CNC(=O)c1cc2ccccc2oc1=O)c1ccc(S(=O)(=O)N2CCOCC2)cc1. The molecule has 0 unspecified atom stereocenters. The number of hydrogen-bond acceptors (Lipinski definition) is 7. The summed E-state index contributed by atoms with van der Waals surface area (Å²) >= 11 is 0. The molecule has 3 aromatic rings. The maximum atomic E-state index is 12.7. The van der Waals surface area contributed by atoms with Crippen molar-refractivity contribution in [3.8, 4) is 0 Å². The molecule has 1 saturated heterocycles. The Morgan fingerprint density at radius 2 is 1.69 bits per heavy atom. The smallest absolute Gasteiger partial charge is 0.349 e. The van der Waals surface area contributed by atoms with Gasteiger partial charge < -0.3 is 14.5 Å². The fourth-order valence-electron chi connectivity index (χ4n) is 3.33. The molecule has 1 aromatic heterocycles. The number of nitrogens with one attached hydrogen (secondary N) is 1. The van der Waals surface area contributed by atoms with E-state index in [0.29, 0.717) is 24.2 Å². The predicted octanol–water partition coefficient (Wildman–Crippen LogP) is 1.43. The number of morpholine rings is 1. The van der Waals surface area contributed by atoms with Crippen molar-refractivity contribution in [1.82, 2.24) is 9.62 Å². The zero-order valence-corrected chi connectivity index (χ0v) is 17.8. The third-order valence-corrected chi connectivity index (χ3v) is 6.99. The van der Waals surface area contributed by atoms with Crippen LogP contribution in [0.15, 0.2) is 68.7 Å². The Morgan fingerprint density at radius 3 is 2.41 bits per heavy atom. The summed E-state index contributed by atoms with van der Waals surface area (Å²) in [6, 6.07) is 13.7. The fraction of sp³-hybridized carbons (Fsp3) is 0.227. The van der Waals surface area contributed by atoms with Crippen LogP contribution >= 0.6 is 0 Å². The zero-order chi connectivity index (χ0) is 22.7. The van der Waals surface area contributed by atoms with Crippen LogP contribution in [-0.2, 0) is 14.8 Å². The molecule has 32 heavy (non-hydrogen) atoms. The minimum absolute atomic E-state index is 0.0776. The van der Waals surface area contributed by atoms with Crippen molar-refractivity contribution in [3.63, 3.8) is 0 Å². The lowest BCUT2D eigenvalue weighted by molar-refractivity contribution is 0.0730. The third kappa shape index (κ3) is 4.47. The van der Waals surface area contributed by atoms with E-state index < -0.39 is 27.3 Å². The van der Waals surface area contributed by atoms with E-state index in [4.69, 9.17) is 9.15 Å². The highest BCUT2D eigenvalue weighted by Gasteiger charge is 2.26. The van der Waals surface area contributed by atoms with Gasteiger partial charge in [0, 0.05) is 24.0 Å². The van der Waals surface area contributed by atoms with Crippen molar-refractivity contribution >= 4 is 32.7 Å². The third-order valence-electron chi connectivity index (χ3n) is 5.08. The van der Waals surface area contributed by atoms with Crippen molar-refractivity contribution < 1.29 is 27.2 Å². The number of carbonyl (C=O) groups is 2. The molecule has 2 heterocycles. The summed E-state index contributed by atoms with van der Waals surface area (Å²) < 4.78 is 37.0. The van der Waals surface area contributed by atoms with Crippen LogP contribution < -0.4 is 10.9 Å². The Balaban J connectivity index is 1.42. The molecule has 0 radical (unpaired) electrons. The van der Waals surface area contributed by atoms with Gasteiger partial charge >= 0.3 is 5.63 Å². The van der Waals surface area contributed by atoms with Crippen molar-refractivity contribution in [3.05, 3.63) is 76.1 Å². The van der Waals surface area contributed by atoms with Gasteiger partial charge in [0.25, 0.3) is 5.91 Å². The molecule has 1 aliphatic rings. The van der Waals surface area contributed by atoms with Gasteiger partial charge in [-0.05, 0) is 36.4 Å². The first-order valence-electron chi connectivity index (χ1n) is 9.88. The van der Waals surface area contributed by atoms with Gasteiger partial charge in [0.2, 0.25) is 10.0 Å². The van der Waals surface area contributed by atoms with Crippen LogP contribution in [0.5, 0.6) is 0 Å². The molecule has 166 valence electrons. The second-order valence-electron chi connectivity index (χ2n) is 7.13. The van der Waals surface area contributed by atoms with Gasteiger partial charge in [-0.25, -0.2) is 13.2 Å². The number of nitrogens with zero attached hydrogens (tertiary/aromatic N) is 1. The number of rotatable bonds is 6. The van der Waals surface area contributed by atoms with E-state index in [0.717, 1.165) is 0 Å². The fourth-order valence-corrected chi connectivity index (χ4v) is 4.73. The lowest BCUT2D eigenvalue weighted by Gasteiger charge is -2.26. The van der Waals surface area contributed by atoms with E-state index in [-0.39, 0.29) is 35.7 Å². The number of fused-ring (bicyclic) bond motifs is 1. The van der Waals surface area contributed by atoms with Gasteiger partial charge in [0.05, 0.1) is 24.7 Å². The second-order valence-corrected chi connectivity index (χ2v) is 9.07. The summed E-state index contributed by atoms with van der Waals surface area (Å²) in [6.07, 6.45) is 0. The van der Waals surface area contributed by atoms with Crippen LogP contribution in [0, 0.1) is 0 Å². The number of para-hydroxylation sites is 1. The van der Waals surface area contributed by atoms with Crippen LogP contribution in [0.25, 0.3) is 11.0 Å². The van der Waals surface area contributed by atoms with Gasteiger partial charge in [-0.3, -0.25) is 9.59 Å². The molecule has 1 fully saturated rings. The molecule has 10 heteroatoms. The standard InChI is InChI=1S/C22H20N2O7S/c25-19(14-23-21(26)18-13-16-3-1-2-4-20(16)31-22(18)27)15-5-7-17(8-6-15)32(28,29)24-9-11-30-12-10-24/h1-8,13H,9-12,14H2,(H,23,26). The summed E-state index contributed by atoms with van der Waals surface area (Å²) in [5.41, 5.74) is -0.413. The summed E-state index contributed by atoms with van der Waals surface area (Å²) in [6.45, 7) is 0.867. The number of amides is 1. The lowest BCUT2D eigenvalue weighted by Crippen LogP contribution is -2.40. The molecule has 1 N–H and O–H groups in total. The van der Waals surface area contributed by atoms with E-state index in [1.54, 1.807) is 24.3 Å². The molecule has 0 atom stereocenters. The van der Waals surface area contributed by atoms with E-state index in [9.17, 15) is 22.8 Å². The van der Waals surface area contributed by atoms with Crippen molar-refractivity contribution in [2.75, 3.05) is 32.8 Å². The quantitative estimate of drug-likeness (QED) is 0.440. The number of Topliss-reactive ketones (excluding diaryl/α,β-unsaturated/α-hetero) is 1. The first kappa shape index (κ1) is 21.9. The maximum absolute atomic E-state index is 12.7. The molecule has 1 amide bonds. The Morgan fingerprint density at radius 1 is 1.00 bits per heavy atom. The molecule has 1 aliphatic heterocycles. The van der Waals surface area contributed by atoms with Gasteiger partial charge in [-0.1, -0.05) is 18.2 Å². The van der Waals surface area contributed by atoms with E-state index in [1.165, 1.54) is 34.6 Å². The average Bonchev–Trinajstić information content (AvgIpc) is 2.82. The Bertz CT molecular complexity index is 1320. The van der Waals surface area contributed by atoms with Crippen molar-refractivity contribution in [2.24, 2.45) is 0 Å². The number of carbonyl (C=O) groups excluding carboxylic acids is 2. The summed E-state index contributed by atoms with van der Waals surface area (Å²) in [4.78, 5) is 37.0. The van der Waals surface area contributed by atoms with Gasteiger partial charge in [-0.15, -0.1) is 0 Å². The molecular formula is C22H20N2O7S. The summed E-state index contributed by atoms with van der Waals surface area (Å²) in [5, 5.41) is 2.99. The highest BCUT2D eigenvalue weighted by Crippen LogP contribution is 2.18. The van der Waals surface area contributed by atoms with Gasteiger partial charge in [0.15, 0.2) is 5.78 Å². The Labute approximate surface area is 183 Å². The molecular weight excluding hydrogens is 436 g/mol. The maximum Gasteiger partial charge on any atom is 0.349 e. The number of benzene rings is 2. The van der Waals surface area contributed by atoms with Crippen LogP contribution in [0.4, 0.5) is 0 Å². The summed E-state index contributed by atoms with van der Waals surface area (Å²) in [7, 11) is -3.66. The monoisotopic (exact) mass is 456 g/mol. The largest absolute Gasteiger partial charge is 0.422 e. The molecule has 2 aromatic carbocycles. The molecule has 4 rings (SSSR count).